The van der Waals surface area contributed by atoms with Crippen LogP contribution in [0, 0.1) is 0 Å². The van der Waals surface area contributed by atoms with Crippen LogP contribution in [0.15, 0.2) is 36.5 Å². The van der Waals surface area contributed by atoms with Crippen LogP contribution in [0.1, 0.15) is 18.1 Å². The van der Waals surface area contributed by atoms with Crippen molar-refractivity contribution >= 4 is 0 Å². The van der Waals surface area contributed by atoms with Gasteiger partial charge in [-0.3, -0.25) is 5.10 Å². The molecule has 102 valence electrons. The molecule has 0 saturated carbocycles. The summed E-state index contributed by atoms with van der Waals surface area (Å²) in [5, 5.41) is 30.0. The van der Waals surface area contributed by atoms with E-state index in [-0.39, 0.29) is 0 Å². The summed E-state index contributed by atoms with van der Waals surface area (Å²) < 4.78 is 0. The van der Waals surface area contributed by atoms with E-state index in [1.165, 1.54) is 0 Å². The fraction of sp³-hybridized carbons (Fsp3) is 0.357. The zero-order valence-corrected chi connectivity index (χ0v) is 10.9. The molecule has 0 aliphatic heterocycles. The maximum absolute atomic E-state index is 10.2. The Hall–Kier alpha value is -1.69. The molecular weight excluding hydrogens is 242 g/mol. The molecule has 0 amide bonds. The second-order valence-electron chi connectivity index (χ2n) is 4.47. The van der Waals surface area contributed by atoms with E-state index in [0.29, 0.717) is 18.5 Å². The van der Waals surface area contributed by atoms with Crippen LogP contribution < -0.4 is 5.32 Å². The molecular formula is C14H19N3O2. The van der Waals surface area contributed by atoms with E-state index in [2.05, 4.69) is 15.5 Å². The molecule has 5 heteroatoms. The van der Waals surface area contributed by atoms with Crippen LogP contribution in [0.5, 0.6) is 0 Å². The van der Waals surface area contributed by atoms with Gasteiger partial charge in [0.25, 0.3) is 0 Å². The van der Waals surface area contributed by atoms with Crippen molar-refractivity contribution in [2.45, 2.75) is 18.6 Å². The van der Waals surface area contributed by atoms with Crippen LogP contribution >= 0.6 is 0 Å². The molecule has 0 aliphatic rings. The molecule has 1 aromatic carbocycles. The number of hydrogen-bond donors (Lipinski definition) is 4. The first-order chi connectivity index (χ1) is 9.24. The molecule has 1 aromatic heterocycles. The van der Waals surface area contributed by atoms with Gasteiger partial charge in [0.05, 0.1) is 18.0 Å². The lowest BCUT2D eigenvalue weighted by atomic mass is 9.99. The Morgan fingerprint density at radius 2 is 2.00 bits per heavy atom. The molecule has 0 spiro atoms. The lowest BCUT2D eigenvalue weighted by Gasteiger charge is -2.17. The van der Waals surface area contributed by atoms with Crippen LogP contribution in [-0.2, 0) is 0 Å². The molecule has 4 N–H and O–H groups in total. The summed E-state index contributed by atoms with van der Waals surface area (Å²) in [5.41, 5.74) is 2.31. The van der Waals surface area contributed by atoms with Crippen LogP contribution in [-0.4, -0.2) is 40.1 Å². The SMILES string of the molecule is CNCCC(O)C(O)c1cn[nH]c1-c1ccccc1. The minimum atomic E-state index is -0.942. The highest BCUT2D eigenvalue weighted by atomic mass is 16.3. The van der Waals surface area contributed by atoms with Gasteiger partial charge in [-0.2, -0.15) is 5.10 Å². The minimum Gasteiger partial charge on any atom is -0.390 e. The van der Waals surface area contributed by atoms with Crippen molar-refractivity contribution in [3.63, 3.8) is 0 Å². The zero-order chi connectivity index (χ0) is 13.7. The molecule has 0 saturated heterocycles. The first-order valence-corrected chi connectivity index (χ1v) is 6.33. The topological polar surface area (TPSA) is 81.2 Å². The standard InChI is InChI=1S/C14H19N3O2/c1-15-8-7-12(18)14(19)11-9-16-17-13(11)10-5-3-2-4-6-10/h2-6,9,12,14-15,18-19H,7-8H2,1H3,(H,16,17). The van der Waals surface area contributed by atoms with Crippen molar-refractivity contribution < 1.29 is 10.2 Å². The maximum atomic E-state index is 10.2. The van der Waals surface area contributed by atoms with Gasteiger partial charge in [0, 0.05) is 5.56 Å². The van der Waals surface area contributed by atoms with Crippen molar-refractivity contribution in [3.05, 3.63) is 42.1 Å². The van der Waals surface area contributed by atoms with Crippen molar-refractivity contribution in [2.75, 3.05) is 13.6 Å². The van der Waals surface area contributed by atoms with E-state index in [1.54, 1.807) is 6.20 Å². The summed E-state index contributed by atoms with van der Waals surface area (Å²) >= 11 is 0. The summed E-state index contributed by atoms with van der Waals surface area (Å²) in [6.45, 7) is 0.650. The summed E-state index contributed by atoms with van der Waals surface area (Å²) in [7, 11) is 1.81. The van der Waals surface area contributed by atoms with Crippen LogP contribution in [0.4, 0.5) is 0 Å². The van der Waals surface area contributed by atoms with Crippen LogP contribution in [0.25, 0.3) is 11.3 Å². The number of rotatable bonds is 6. The Morgan fingerprint density at radius 3 is 2.68 bits per heavy atom. The van der Waals surface area contributed by atoms with Gasteiger partial charge < -0.3 is 15.5 Å². The average molecular weight is 261 g/mol. The molecule has 2 rings (SSSR count). The van der Waals surface area contributed by atoms with Crippen molar-refractivity contribution in [3.8, 4) is 11.3 Å². The Bertz CT molecular complexity index is 498. The van der Waals surface area contributed by atoms with E-state index in [1.807, 2.05) is 37.4 Å². The molecule has 0 bridgehead atoms. The smallest absolute Gasteiger partial charge is 0.109 e. The third-order valence-corrected chi connectivity index (χ3v) is 3.10. The van der Waals surface area contributed by atoms with Gasteiger partial charge in [0.2, 0.25) is 0 Å². The second kappa shape index (κ2) is 6.47. The van der Waals surface area contributed by atoms with E-state index in [9.17, 15) is 10.2 Å². The third kappa shape index (κ3) is 3.20. The van der Waals surface area contributed by atoms with Crippen molar-refractivity contribution in [1.29, 1.82) is 0 Å². The van der Waals surface area contributed by atoms with Crippen molar-refractivity contribution in [1.82, 2.24) is 15.5 Å². The number of nitrogens with one attached hydrogen (secondary N) is 2. The van der Waals surface area contributed by atoms with Gasteiger partial charge in [-0.25, -0.2) is 0 Å². The van der Waals surface area contributed by atoms with Crippen LogP contribution in [0.2, 0.25) is 0 Å². The van der Waals surface area contributed by atoms with E-state index in [4.69, 9.17) is 0 Å². The number of aliphatic hydroxyl groups is 2. The fourth-order valence-corrected chi connectivity index (χ4v) is 2.01. The lowest BCUT2D eigenvalue weighted by molar-refractivity contribution is 0.0143. The molecule has 2 aromatic rings. The monoisotopic (exact) mass is 261 g/mol. The van der Waals surface area contributed by atoms with Crippen molar-refractivity contribution in [2.24, 2.45) is 0 Å². The zero-order valence-electron chi connectivity index (χ0n) is 10.9. The maximum Gasteiger partial charge on any atom is 0.109 e. The number of nitrogens with zero attached hydrogens (tertiary/aromatic N) is 1. The van der Waals surface area contributed by atoms with Gasteiger partial charge in [-0.1, -0.05) is 30.3 Å². The van der Waals surface area contributed by atoms with E-state index >= 15 is 0 Å². The molecule has 0 fully saturated rings. The van der Waals surface area contributed by atoms with Crippen LogP contribution in [0.3, 0.4) is 0 Å². The van der Waals surface area contributed by atoms with Gasteiger partial charge >= 0.3 is 0 Å². The molecule has 2 atom stereocenters. The number of aliphatic hydroxyl groups excluding tert-OH is 2. The van der Waals surface area contributed by atoms with Gasteiger partial charge in [-0.15, -0.1) is 0 Å². The summed E-state index contributed by atoms with van der Waals surface area (Å²) in [5.74, 6) is 0. The average Bonchev–Trinajstić information content (AvgIpc) is 2.94. The molecule has 0 radical (unpaired) electrons. The molecule has 1 heterocycles. The highest BCUT2D eigenvalue weighted by Gasteiger charge is 2.22. The minimum absolute atomic E-state index is 0.483. The third-order valence-electron chi connectivity index (χ3n) is 3.10. The van der Waals surface area contributed by atoms with E-state index < -0.39 is 12.2 Å². The fourth-order valence-electron chi connectivity index (χ4n) is 2.01. The summed E-state index contributed by atoms with van der Waals surface area (Å²) in [6.07, 6.45) is 0.293. The van der Waals surface area contributed by atoms with Gasteiger partial charge in [0.15, 0.2) is 0 Å². The van der Waals surface area contributed by atoms with Gasteiger partial charge in [0.1, 0.15) is 6.10 Å². The first kappa shape index (κ1) is 13.7. The Kier molecular flexibility index (Phi) is 4.68. The number of benzene rings is 1. The quantitative estimate of drug-likeness (QED) is 0.627. The Balaban J connectivity index is 2.20. The predicted molar refractivity (Wildman–Crippen MR) is 73.5 cm³/mol. The number of H-pyrrole nitrogens is 1. The predicted octanol–water partition coefficient (Wildman–Crippen LogP) is 1.08. The highest BCUT2D eigenvalue weighted by Crippen LogP contribution is 2.28. The normalized spacial score (nSPS) is 14.3. The Labute approximate surface area is 112 Å². The summed E-state index contributed by atoms with van der Waals surface area (Å²) in [4.78, 5) is 0. The molecule has 5 nitrogen and oxygen atoms in total. The number of aromatic amines is 1. The molecule has 2 unspecified atom stereocenters. The highest BCUT2D eigenvalue weighted by molar-refractivity contribution is 5.62. The second-order valence-corrected chi connectivity index (χ2v) is 4.47. The molecule has 19 heavy (non-hydrogen) atoms. The Morgan fingerprint density at radius 1 is 1.26 bits per heavy atom. The largest absolute Gasteiger partial charge is 0.390 e. The van der Waals surface area contributed by atoms with Gasteiger partial charge in [-0.05, 0) is 25.6 Å². The molecule has 0 aliphatic carbocycles. The van der Waals surface area contributed by atoms with E-state index in [0.717, 1.165) is 11.3 Å². The lowest BCUT2D eigenvalue weighted by Crippen LogP contribution is -2.23. The number of aromatic nitrogens is 2. The first-order valence-electron chi connectivity index (χ1n) is 6.33. The summed E-state index contributed by atoms with van der Waals surface area (Å²) in [6, 6.07) is 9.64. The number of hydrogen-bond acceptors (Lipinski definition) is 4.